The molecule has 0 aliphatic rings. The normalized spacial score (nSPS) is 12.2. The van der Waals surface area contributed by atoms with E-state index >= 15 is 0 Å². The molecule has 0 aromatic heterocycles. The van der Waals surface area contributed by atoms with Crippen LogP contribution in [0.15, 0.2) is 48.5 Å². The van der Waals surface area contributed by atoms with Crippen molar-refractivity contribution in [3.05, 3.63) is 65.5 Å². The number of hydrogen-bond acceptors (Lipinski definition) is 1. The van der Waals surface area contributed by atoms with Crippen LogP contribution in [0, 0.1) is 5.82 Å². The van der Waals surface area contributed by atoms with Crippen molar-refractivity contribution >= 4 is 11.6 Å². The predicted molar refractivity (Wildman–Crippen MR) is 76.1 cm³/mol. The SMILES string of the molecule is CC[C@H](Oc1ccc(CCl)c(F)c1)c1ccccc1. The summed E-state index contributed by atoms with van der Waals surface area (Å²) in [5, 5.41) is 0. The smallest absolute Gasteiger partial charge is 0.131 e. The van der Waals surface area contributed by atoms with Crippen LogP contribution in [0.1, 0.15) is 30.6 Å². The zero-order valence-corrected chi connectivity index (χ0v) is 11.5. The number of halogens is 2. The second-order valence-corrected chi connectivity index (χ2v) is 4.58. The predicted octanol–water partition coefficient (Wildman–Crippen LogP) is 5.09. The van der Waals surface area contributed by atoms with Gasteiger partial charge in [0.1, 0.15) is 17.7 Å². The van der Waals surface area contributed by atoms with Crippen molar-refractivity contribution in [2.75, 3.05) is 0 Å². The largest absolute Gasteiger partial charge is 0.486 e. The fourth-order valence-electron chi connectivity index (χ4n) is 1.93. The van der Waals surface area contributed by atoms with Crippen LogP contribution in [-0.2, 0) is 5.88 Å². The Morgan fingerprint density at radius 2 is 1.89 bits per heavy atom. The second kappa shape index (κ2) is 6.58. The number of rotatable bonds is 5. The lowest BCUT2D eigenvalue weighted by Gasteiger charge is -2.18. The van der Waals surface area contributed by atoms with E-state index in [2.05, 4.69) is 0 Å². The molecular formula is C16H16ClFO. The van der Waals surface area contributed by atoms with Gasteiger partial charge in [-0.05, 0) is 18.1 Å². The lowest BCUT2D eigenvalue weighted by atomic mass is 10.1. The Bertz CT molecular complexity index is 528. The maximum absolute atomic E-state index is 13.6. The lowest BCUT2D eigenvalue weighted by molar-refractivity contribution is 0.200. The molecular weight excluding hydrogens is 263 g/mol. The summed E-state index contributed by atoms with van der Waals surface area (Å²) in [5.74, 6) is 0.375. The van der Waals surface area contributed by atoms with E-state index in [1.165, 1.54) is 6.07 Å². The molecule has 0 amide bonds. The third kappa shape index (κ3) is 3.48. The first-order valence-corrected chi connectivity index (χ1v) is 6.84. The Morgan fingerprint density at radius 1 is 1.16 bits per heavy atom. The van der Waals surface area contributed by atoms with Gasteiger partial charge in [0, 0.05) is 11.6 Å². The highest BCUT2D eigenvalue weighted by molar-refractivity contribution is 6.17. The van der Waals surface area contributed by atoms with Gasteiger partial charge in [0.15, 0.2) is 0 Å². The van der Waals surface area contributed by atoms with Crippen molar-refractivity contribution in [3.8, 4) is 5.75 Å². The molecule has 0 heterocycles. The van der Waals surface area contributed by atoms with Crippen molar-refractivity contribution in [3.63, 3.8) is 0 Å². The molecule has 0 saturated heterocycles. The average molecular weight is 279 g/mol. The summed E-state index contributed by atoms with van der Waals surface area (Å²) in [7, 11) is 0. The number of benzene rings is 2. The first-order valence-electron chi connectivity index (χ1n) is 6.30. The van der Waals surface area contributed by atoms with Crippen LogP contribution in [0.25, 0.3) is 0 Å². The second-order valence-electron chi connectivity index (χ2n) is 4.31. The number of hydrogen-bond donors (Lipinski definition) is 0. The van der Waals surface area contributed by atoms with E-state index in [9.17, 15) is 4.39 Å². The van der Waals surface area contributed by atoms with Crippen LogP contribution in [0.2, 0.25) is 0 Å². The Labute approximate surface area is 118 Å². The summed E-state index contributed by atoms with van der Waals surface area (Å²) in [4.78, 5) is 0. The molecule has 0 radical (unpaired) electrons. The molecule has 0 fully saturated rings. The van der Waals surface area contributed by atoms with E-state index in [1.54, 1.807) is 12.1 Å². The van der Waals surface area contributed by atoms with Gasteiger partial charge in [-0.25, -0.2) is 4.39 Å². The molecule has 1 atom stereocenters. The molecule has 0 N–H and O–H groups in total. The summed E-state index contributed by atoms with van der Waals surface area (Å²) in [6, 6.07) is 14.7. The van der Waals surface area contributed by atoms with Crippen molar-refractivity contribution in [1.29, 1.82) is 0 Å². The summed E-state index contributed by atoms with van der Waals surface area (Å²) < 4.78 is 19.5. The van der Waals surface area contributed by atoms with Gasteiger partial charge in [-0.1, -0.05) is 43.3 Å². The zero-order chi connectivity index (χ0) is 13.7. The first-order chi connectivity index (χ1) is 9.24. The maximum Gasteiger partial charge on any atom is 0.131 e. The van der Waals surface area contributed by atoms with E-state index in [4.69, 9.17) is 16.3 Å². The fraction of sp³-hybridized carbons (Fsp3) is 0.250. The van der Waals surface area contributed by atoms with E-state index < -0.39 is 0 Å². The van der Waals surface area contributed by atoms with Gasteiger partial charge < -0.3 is 4.74 Å². The molecule has 19 heavy (non-hydrogen) atoms. The molecule has 2 aromatic carbocycles. The molecule has 0 aliphatic heterocycles. The molecule has 100 valence electrons. The van der Waals surface area contributed by atoms with Crippen LogP contribution < -0.4 is 4.74 Å². The lowest BCUT2D eigenvalue weighted by Crippen LogP contribution is -2.06. The molecule has 2 rings (SSSR count). The van der Waals surface area contributed by atoms with Gasteiger partial charge in [-0.2, -0.15) is 0 Å². The molecule has 0 saturated carbocycles. The summed E-state index contributed by atoms with van der Waals surface area (Å²) in [6.07, 6.45) is 0.755. The highest BCUT2D eigenvalue weighted by Gasteiger charge is 2.12. The van der Waals surface area contributed by atoms with Crippen LogP contribution in [0.3, 0.4) is 0 Å². The Hall–Kier alpha value is -1.54. The van der Waals surface area contributed by atoms with E-state index in [1.807, 2.05) is 37.3 Å². The first kappa shape index (κ1) is 13.9. The van der Waals surface area contributed by atoms with Crippen LogP contribution in [-0.4, -0.2) is 0 Å². The third-order valence-electron chi connectivity index (χ3n) is 2.99. The van der Waals surface area contributed by atoms with Crippen LogP contribution in [0.4, 0.5) is 4.39 Å². The van der Waals surface area contributed by atoms with Crippen molar-refractivity contribution < 1.29 is 9.13 Å². The third-order valence-corrected chi connectivity index (χ3v) is 3.28. The van der Waals surface area contributed by atoms with Gasteiger partial charge in [0.05, 0.1) is 5.88 Å². The minimum Gasteiger partial charge on any atom is -0.486 e. The van der Waals surface area contributed by atoms with E-state index in [0.717, 1.165) is 12.0 Å². The summed E-state index contributed by atoms with van der Waals surface area (Å²) in [5.41, 5.74) is 1.58. The molecule has 0 unspecified atom stereocenters. The van der Waals surface area contributed by atoms with Gasteiger partial charge in [-0.15, -0.1) is 11.6 Å². The van der Waals surface area contributed by atoms with Gasteiger partial charge in [0.2, 0.25) is 0 Å². The van der Waals surface area contributed by atoms with E-state index in [0.29, 0.717) is 11.3 Å². The minimum absolute atomic E-state index is 0.0672. The quantitative estimate of drug-likeness (QED) is 0.692. The molecule has 2 aromatic rings. The highest BCUT2D eigenvalue weighted by atomic mass is 35.5. The molecule has 3 heteroatoms. The zero-order valence-electron chi connectivity index (χ0n) is 10.8. The molecule has 1 nitrogen and oxygen atoms in total. The van der Waals surface area contributed by atoms with Crippen LogP contribution in [0.5, 0.6) is 5.75 Å². The van der Waals surface area contributed by atoms with Crippen molar-refractivity contribution in [1.82, 2.24) is 0 Å². The average Bonchev–Trinajstić information content (AvgIpc) is 2.46. The number of alkyl halides is 1. The standard InChI is InChI=1S/C16H16ClFO/c1-2-16(12-6-4-3-5-7-12)19-14-9-8-13(11-17)15(18)10-14/h3-10,16H,2,11H2,1H3/t16-/m0/s1. The Kier molecular flexibility index (Phi) is 4.80. The molecule has 0 aliphatic carbocycles. The number of ether oxygens (including phenoxy) is 1. The van der Waals surface area contributed by atoms with Gasteiger partial charge in [-0.3, -0.25) is 0 Å². The van der Waals surface area contributed by atoms with Crippen molar-refractivity contribution in [2.24, 2.45) is 0 Å². The Morgan fingerprint density at radius 3 is 2.47 bits per heavy atom. The Balaban J connectivity index is 2.17. The minimum atomic E-state index is -0.324. The molecule has 0 bridgehead atoms. The molecule has 0 spiro atoms. The fourth-order valence-corrected chi connectivity index (χ4v) is 2.15. The van der Waals surface area contributed by atoms with Crippen LogP contribution >= 0.6 is 11.6 Å². The summed E-state index contributed by atoms with van der Waals surface area (Å²) in [6.45, 7) is 2.04. The highest BCUT2D eigenvalue weighted by Crippen LogP contribution is 2.26. The topological polar surface area (TPSA) is 9.23 Å². The van der Waals surface area contributed by atoms with Gasteiger partial charge in [0.25, 0.3) is 0 Å². The van der Waals surface area contributed by atoms with Crippen molar-refractivity contribution in [2.45, 2.75) is 25.3 Å². The summed E-state index contributed by atoms with van der Waals surface area (Å²) >= 11 is 5.63. The monoisotopic (exact) mass is 278 g/mol. The van der Waals surface area contributed by atoms with E-state index in [-0.39, 0.29) is 17.8 Å². The van der Waals surface area contributed by atoms with Gasteiger partial charge >= 0.3 is 0 Å². The maximum atomic E-state index is 13.6.